The number of hydrogen-bond donors (Lipinski definition) is 0. The van der Waals surface area contributed by atoms with Crippen LogP contribution < -0.4 is 0 Å². The van der Waals surface area contributed by atoms with E-state index < -0.39 is 0 Å². The standard InChI is InChI=1S/C9H6N.C5H4N.2CH3.2Y/c1-2-6-9-8(4-1)5-3-7-10-9;1-2-4-6-5-3-1;;;;/h1-5,7H;1-4H;2*1H3;;/q4*-1;;. The predicted molar refractivity (Wildman–Crippen MR) is 76.5 cm³/mol. The number of hydrogen-bond acceptors (Lipinski definition) is 2. The third-order valence-electron chi connectivity index (χ3n) is 1.95. The Morgan fingerprint density at radius 3 is 2.05 bits per heavy atom. The Morgan fingerprint density at radius 2 is 1.55 bits per heavy atom. The molecule has 0 aliphatic rings. The normalized spacial score (nSPS) is 7.40. The van der Waals surface area contributed by atoms with Crippen LogP contribution in [-0.2, 0) is 65.4 Å². The maximum Gasteiger partial charge on any atom is 0.0239 e. The van der Waals surface area contributed by atoms with Gasteiger partial charge in [-0.1, -0.05) is 18.5 Å². The Bertz CT molecular complexity index is 453. The number of benzene rings is 1. The molecule has 0 amide bonds. The van der Waals surface area contributed by atoms with Crippen LogP contribution in [0.1, 0.15) is 0 Å². The van der Waals surface area contributed by atoms with Gasteiger partial charge in [0.05, 0.1) is 0 Å². The van der Waals surface area contributed by atoms with E-state index in [9.17, 15) is 0 Å². The van der Waals surface area contributed by atoms with E-state index in [0.29, 0.717) is 0 Å². The molecule has 0 atom stereocenters. The summed E-state index contributed by atoms with van der Waals surface area (Å²) in [6.07, 6.45) is 6.11. The van der Waals surface area contributed by atoms with Crippen LogP contribution in [0.2, 0.25) is 0 Å². The molecule has 3 aromatic rings. The van der Waals surface area contributed by atoms with Crippen molar-refractivity contribution in [1.82, 2.24) is 9.97 Å². The summed E-state index contributed by atoms with van der Waals surface area (Å²) in [7, 11) is 0. The zero-order valence-corrected chi connectivity index (χ0v) is 17.5. The largest absolute Gasteiger partial charge is 0.394 e. The molecule has 0 N–H and O–H groups in total. The molecule has 0 saturated heterocycles. The second-order valence-corrected chi connectivity index (χ2v) is 3.07. The van der Waals surface area contributed by atoms with Crippen LogP contribution in [0, 0.1) is 27.1 Å². The topological polar surface area (TPSA) is 25.8 Å². The third kappa shape index (κ3) is 9.02. The second-order valence-electron chi connectivity index (χ2n) is 3.07. The number of rotatable bonds is 0. The van der Waals surface area contributed by atoms with Crippen molar-refractivity contribution in [2.75, 3.05) is 0 Å². The summed E-state index contributed by atoms with van der Waals surface area (Å²) in [6, 6.07) is 18.4. The van der Waals surface area contributed by atoms with E-state index in [2.05, 4.69) is 22.2 Å². The molecular formula is C16H16N2Y2-4. The van der Waals surface area contributed by atoms with Crippen molar-refractivity contribution >= 4 is 10.9 Å². The Balaban J connectivity index is -0.000000260. The molecule has 2 radical (unpaired) electrons. The summed E-state index contributed by atoms with van der Waals surface area (Å²) in [5.41, 5.74) is 0.935. The fourth-order valence-electron chi connectivity index (χ4n) is 1.23. The van der Waals surface area contributed by atoms with Gasteiger partial charge in [0.2, 0.25) is 0 Å². The smallest absolute Gasteiger partial charge is 0.0239 e. The van der Waals surface area contributed by atoms with Crippen LogP contribution in [0.3, 0.4) is 0 Å². The summed E-state index contributed by atoms with van der Waals surface area (Å²) in [6.45, 7) is 0. The maximum absolute atomic E-state index is 4.13. The van der Waals surface area contributed by atoms with E-state index in [1.807, 2.05) is 42.5 Å². The molecule has 0 aliphatic carbocycles. The first-order valence-corrected chi connectivity index (χ1v) is 4.95. The van der Waals surface area contributed by atoms with Crippen LogP contribution in [-0.4, -0.2) is 9.97 Å². The number of pyridine rings is 2. The van der Waals surface area contributed by atoms with Crippen molar-refractivity contribution in [2.24, 2.45) is 0 Å². The molecule has 2 nitrogen and oxygen atoms in total. The fraction of sp³-hybridized carbons (Fsp3) is 0. The van der Waals surface area contributed by atoms with E-state index in [-0.39, 0.29) is 80.3 Å². The molecule has 0 fully saturated rings. The first kappa shape index (κ1) is 25.0. The molecule has 2 heterocycles. The molecule has 2 aromatic heterocycles. The van der Waals surface area contributed by atoms with Gasteiger partial charge in [-0.05, 0) is 5.52 Å². The SMILES string of the molecule is [CH3-].[CH3-].[Y].[Y].[c-]1cccc2cccnc12.[c-]1ccccn1. The number of para-hydroxylation sites is 1. The number of nitrogens with zero attached hydrogens (tertiary/aromatic N) is 2. The van der Waals surface area contributed by atoms with Crippen LogP contribution >= 0.6 is 0 Å². The molecular weight excluding hydrogens is 398 g/mol. The van der Waals surface area contributed by atoms with Crippen LogP contribution in [0.25, 0.3) is 10.9 Å². The molecule has 4 heteroatoms. The first-order valence-electron chi connectivity index (χ1n) is 4.95. The van der Waals surface area contributed by atoms with E-state index in [1.54, 1.807) is 18.5 Å². The maximum atomic E-state index is 4.13. The van der Waals surface area contributed by atoms with Gasteiger partial charge in [0.15, 0.2) is 0 Å². The summed E-state index contributed by atoms with van der Waals surface area (Å²) >= 11 is 0. The predicted octanol–water partition coefficient (Wildman–Crippen LogP) is 3.81. The Kier molecular flexibility index (Phi) is 19.2. The summed E-state index contributed by atoms with van der Waals surface area (Å²) in [5.74, 6) is 0. The molecule has 100 valence electrons. The van der Waals surface area contributed by atoms with Gasteiger partial charge in [0.25, 0.3) is 0 Å². The van der Waals surface area contributed by atoms with Gasteiger partial charge in [0, 0.05) is 71.6 Å². The summed E-state index contributed by atoms with van der Waals surface area (Å²) in [4.78, 5) is 7.79. The molecule has 0 bridgehead atoms. The van der Waals surface area contributed by atoms with Gasteiger partial charge in [-0.15, -0.1) is 11.5 Å². The van der Waals surface area contributed by atoms with Gasteiger partial charge in [0.1, 0.15) is 0 Å². The van der Waals surface area contributed by atoms with Crippen molar-refractivity contribution in [3.8, 4) is 0 Å². The van der Waals surface area contributed by atoms with Gasteiger partial charge < -0.3 is 19.8 Å². The Labute approximate surface area is 172 Å². The van der Waals surface area contributed by atoms with E-state index in [0.717, 1.165) is 10.9 Å². The molecule has 0 unspecified atom stereocenters. The molecule has 20 heavy (non-hydrogen) atoms. The minimum atomic E-state index is 0. The Morgan fingerprint density at radius 1 is 0.800 bits per heavy atom. The number of aromatic nitrogens is 2. The average molecular weight is 414 g/mol. The average Bonchev–Trinajstić information content (AvgIpc) is 2.42. The van der Waals surface area contributed by atoms with E-state index in [4.69, 9.17) is 0 Å². The summed E-state index contributed by atoms with van der Waals surface area (Å²) < 4.78 is 0. The van der Waals surface area contributed by atoms with Crippen LogP contribution in [0.15, 0.2) is 60.9 Å². The molecule has 1 aromatic carbocycles. The molecule has 0 spiro atoms. The van der Waals surface area contributed by atoms with Gasteiger partial charge in [-0.3, -0.25) is 4.98 Å². The first-order chi connectivity index (χ1) is 7.97. The van der Waals surface area contributed by atoms with Crippen molar-refractivity contribution in [3.05, 3.63) is 88.0 Å². The molecule has 0 saturated carbocycles. The minimum Gasteiger partial charge on any atom is -0.394 e. The third-order valence-corrected chi connectivity index (χ3v) is 1.95. The van der Waals surface area contributed by atoms with Crippen molar-refractivity contribution in [1.29, 1.82) is 0 Å². The summed E-state index contributed by atoms with van der Waals surface area (Å²) in [5, 5.41) is 1.14. The zero-order valence-electron chi connectivity index (χ0n) is 11.8. The van der Waals surface area contributed by atoms with Crippen molar-refractivity contribution in [2.45, 2.75) is 0 Å². The van der Waals surface area contributed by atoms with E-state index >= 15 is 0 Å². The Hall–Kier alpha value is -0.0122. The van der Waals surface area contributed by atoms with Gasteiger partial charge in [-0.2, -0.15) is 42.5 Å². The van der Waals surface area contributed by atoms with Crippen molar-refractivity contribution in [3.63, 3.8) is 0 Å². The minimum absolute atomic E-state index is 0. The number of fused-ring (bicyclic) bond motifs is 1. The van der Waals surface area contributed by atoms with E-state index in [1.165, 1.54) is 0 Å². The van der Waals surface area contributed by atoms with Gasteiger partial charge in [-0.25, -0.2) is 0 Å². The molecule has 0 aliphatic heterocycles. The van der Waals surface area contributed by atoms with Crippen molar-refractivity contribution < 1.29 is 65.4 Å². The van der Waals surface area contributed by atoms with Crippen LogP contribution in [0.4, 0.5) is 0 Å². The zero-order chi connectivity index (χ0) is 11.1. The molecule has 3 rings (SSSR count). The van der Waals surface area contributed by atoms with Crippen LogP contribution in [0.5, 0.6) is 0 Å². The van der Waals surface area contributed by atoms with Gasteiger partial charge >= 0.3 is 0 Å². The quantitative estimate of drug-likeness (QED) is 0.523. The fourth-order valence-corrected chi connectivity index (χ4v) is 1.23. The second kappa shape index (κ2) is 15.4. The monoisotopic (exact) mass is 414 g/mol.